The highest BCUT2D eigenvalue weighted by Crippen LogP contribution is 2.37. The molecule has 3 aromatic rings. The molecular formula is C26H29ClF2N6O5. The SMILES string of the molecule is COC(=O)N1CC[C@@H](c2nc3c(F)cc(-c4nc(NC5[C@@H](F)[C@H]6OC[C@H](O6)[C@H]5O)ncc4Cl)cc3n2C(C)C)C1. The number of aliphatic hydroxyl groups is 1. The summed E-state index contributed by atoms with van der Waals surface area (Å²) >= 11 is 6.45. The third-order valence-electron chi connectivity index (χ3n) is 7.68. The Bertz CT molecular complexity index is 1440. The molecule has 1 amide bonds. The van der Waals surface area contributed by atoms with Crippen molar-refractivity contribution >= 4 is 34.7 Å². The lowest BCUT2D eigenvalue weighted by Crippen LogP contribution is -2.55. The largest absolute Gasteiger partial charge is 0.453 e. The Labute approximate surface area is 233 Å². The van der Waals surface area contributed by atoms with Crippen LogP contribution < -0.4 is 5.32 Å². The molecule has 11 nitrogen and oxygen atoms in total. The van der Waals surface area contributed by atoms with Crippen molar-refractivity contribution in [1.29, 1.82) is 0 Å². The summed E-state index contributed by atoms with van der Waals surface area (Å²) in [6, 6.07) is 1.93. The number of amides is 1. The number of hydrogen-bond acceptors (Lipinski definition) is 9. The van der Waals surface area contributed by atoms with E-state index in [-0.39, 0.29) is 40.7 Å². The van der Waals surface area contributed by atoms with Gasteiger partial charge in [0.2, 0.25) is 5.95 Å². The van der Waals surface area contributed by atoms with Crippen molar-refractivity contribution < 1.29 is 32.9 Å². The highest BCUT2D eigenvalue weighted by Gasteiger charge is 2.51. The first-order valence-electron chi connectivity index (χ1n) is 13.1. The predicted octanol–water partition coefficient (Wildman–Crippen LogP) is 3.66. The number of likely N-dealkylation sites (tertiary alicyclic amines) is 1. The van der Waals surface area contributed by atoms with E-state index in [0.29, 0.717) is 36.4 Å². The first kappa shape index (κ1) is 27.1. The van der Waals surface area contributed by atoms with Gasteiger partial charge in [-0.25, -0.2) is 28.5 Å². The fourth-order valence-electron chi connectivity index (χ4n) is 5.73. The lowest BCUT2D eigenvalue weighted by molar-refractivity contribution is -0.164. The van der Waals surface area contributed by atoms with Gasteiger partial charge in [0.05, 0.1) is 42.2 Å². The number of aliphatic hydroxyl groups excluding tert-OH is 1. The highest BCUT2D eigenvalue weighted by molar-refractivity contribution is 6.33. The number of alkyl halides is 1. The normalized spacial score (nSPS) is 28.1. The molecule has 3 fully saturated rings. The van der Waals surface area contributed by atoms with Crippen LogP contribution in [0.3, 0.4) is 0 Å². The van der Waals surface area contributed by atoms with Gasteiger partial charge in [-0.05, 0) is 32.4 Å². The molecule has 0 aliphatic carbocycles. The van der Waals surface area contributed by atoms with Crippen molar-refractivity contribution in [3.63, 3.8) is 0 Å². The van der Waals surface area contributed by atoms with E-state index in [1.165, 1.54) is 19.4 Å². The van der Waals surface area contributed by atoms with Gasteiger partial charge < -0.3 is 34.1 Å². The Balaban J connectivity index is 1.35. The van der Waals surface area contributed by atoms with E-state index in [9.17, 15) is 14.3 Å². The van der Waals surface area contributed by atoms with Gasteiger partial charge in [0.25, 0.3) is 0 Å². The average molecular weight is 579 g/mol. The molecule has 6 atom stereocenters. The van der Waals surface area contributed by atoms with Crippen molar-refractivity contribution in [3.05, 3.63) is 35.0 Å². The fraction of sp³-hybridized carbons (Fsp3) is 0.538. The number of anilines is 1. The minimum absolute atomic E-state index is 0.0137. The van der Waals surface area contributed by atoms with Gasteiger partial charge in [0.1, 0.15) is 23.5 Å². The van der Waals surface area contributed by atoms with Crippen LogP contribution >= 0.6 is 11.6 Å². The molecule has 6 rings (SSSR count). The van der Waals surface area contributed by atoms with E-state index in [1.54, 1.807) is 11.0 Å². The molecule has 0 spiro atoms. The number of nitrogens with one attached hydrogen (secondary N) is 1. The summed E-state index contributed by atoms with van der Waals surface area (Å²) in [5, 5.41) is 13.5. The summed E-state index contributed by atoms with van der Waals surface area (Å²) in [6.45, 7) is 4.98. The molecule has 14 heteroatoms. The number of rotatable bonds is 5. The van der Waals surface area contributed by atoms with E-state index in [1.807, 2.05) is 18.4 Å². The molecule has 0 saturated carbocycles. The van der Waals surface area contributed by atoms with E-state index in [4.69, 9.17) is 25.8 Å². The predicted molar refractivity (Wildman–Crippen MR) is 140 cm³/mol. The number of halogens is 3. The summed E-state index contributed by atoms with van der Waals surface area (Å²) in [7, 11) is 1.34. The minimum Gasteiger partial charge on any atom is -0.453 e. The molecule has 3 aliphatic heterocycles. The van der Waals surface area contributed by atoms with Crippen molar-refractivity contribution in [2.45, 2.75) is 62.9 Å². The summed E-state index contributed by atoms with van der Waals surface area (Å²) in [5.74, 6) is 0.0503. The van der Waals surface area contributed by atoms with Crippen LogP contribution in [0.1, 0.15) is 38.1 Å². The van der Waals surface area contributed by atoms with E-state index < -0.39 is 42.6 Å². The zero-order valence-electron chi connectivity index (χ0n) is 22.1. The Hall–Kier alpha value is -3.13. The zero-order valence-corrected chi connectivity index (χ0v) is 22.8. The third-order valence-corrected chi connectivity index (χ3v) is 7.95. The number of ether oxygens (including phenoxy) is 3. The Morgan fingerprint density at radius 1 is 1.32 bits per heavy atom. The Morgan fingerprint density at radius 3 is 2.88 bits per heavy atom. The molecule has 3 saturated heterocycles. The van der Waals surface area contributed by atoms with Crippen LogP contribution in [0.2, 0.25) is 5.02 Å². The maximum Gasteiger partial charge on any atom is 0.409 e. The number of methoxy groups -OCH3 is 1. The van der Waals surface area contributed by atoms with Crippen molar-refractivity contribution in [3.8, 4) is 11.3 Å². The first-order valence-corrected chi connectivity index (χ1v) is 13.5. The highest BCUT2D eigenvalue weighted by atomic mass is 35.5. The van der Waals surface area contributed by atoms with E-state index in [0.717, 1.165) is 0 Å². The Kier molecular flexibility index (Phi) is 7.01. The van der Waals surface area contributed by atoms with Crippen molar-refractivity contribution in [2.75, 3.05) is 32.1 Å². The summed E-state index contributed by atoms with van der Waals surface area (Å²) < 4.78 is 47.9. The van der Waals surface area contributed by atoms with Gasteiger partial charge in [0, 0.05) is 30.6 Å². The van der Waals surface area contributed by atoms with Gasteiger partial charge in [0.15, 0.2) is 18.3 Å². The molecule has 3 aliphatic rings. The topological polar surface area (TPSA) is 124 Å². The zero-order chi connectivity index (χ0) is 28.3. The van der Waals surface area contributed by atoms with Crippen LogP contribution in [0.5, 0.6) is 0 Å². The molecule has 214 valence electrons. The summed E-state index contributed by atoms with van der Waals surface area (Å²) in [5.41, 5.74) is 1.36. The second-order valence-corrected chi connectivity index (χ2v) is 10.9. The number of carbonyl (C=O) groups excluding carboxylic acids is 1. The van der Waals surface area contributed by atoms with E-state index in [2.05, 4.69) is 20.3 Å². The number of benzene rings is 1. The molecule has 1 unspecified atom stereocenters. The molecule has 2 bridgehead atoms. The van der Waals surface area contributed by atoms with Gasteiger partial charge in [-0.15, -0.1) is 0 Å². The van der Waals surface area contributed by atoms with Gasteiger partial charge in [-0.3, -0.25) is 0 Å². The third kappa shape index (κ3) is 4.54. The first-order chi connectivity index (χ1) is 19.2. The number of aromatic nitrogens is 4. The summed E-state index contributed by atoms with van der Waals surface area (Å²) in [6.07, 6.45) is -2.99. The molecule has 0 radical (unpaired) electrons. The van der Waals surface area contributed by atoms with Gasteiger partial charge in [-0.2, -0.15) is 0 Å². The maximum atomic E-state index is 15.6. The lowest BCUT2D eigenvalue weighted by atomic mass is 9.99. The van der Waals surface area contributed by atoms with Crippen molar-refractivity contribution in [2.24, 2.45) is 0 Å². The number of carbonyl (C=O) groups is 1. The molecule has 2 aromatic heterocycles. The van der Waals surface area contributed by atoms with Crippen LogP contribution in [0.15, 0.2) is 18.3 Å². The van der Waals surface area contributed by atoms with Gasteiger partial charge >= 0.3 is 6.09 Å². The van der Waals surface area contributed by atoms with Crippen LogP contribution in [-0.2, 0) is 14.2 Å². The minimum atomic E-state index is -1.66. The van der Waals surface area contributed by atoms with Crippen LogP contribution in [0.4, 0.5) is 19.5 Å². The van der Waals surface area contributed by atoms with E-state index >= 15 is 4.39 Å². The van der Waals surface area contributed by atoms with Gasteiger partial charge in [-0.1, -0.05) is 11.6 Å². The lowest BCUT2D eigenvalue weighted by Gasteiger charge is -2.34. The smallest absolute Gasteiger partial charge is 0.409 e. The summed E-state index contributed by atoms with van der Waals surface area (Å²) in [4.78, 5) is 26.9. The molecular weight excluding hydrogens is 550 g/mol. The fourth-order valence-corrected chi connectivity index (χ4v) is 5.93. The number of nitrogens with zero attached hydrogens (tertiary/aromatic N) is 5. The molecule has 1 aromatic carbocycles. The van der Waals surface area contributed by atoms with Crippen LogP contribution in [0, 0.1) is 5.82 Å². The second kappa shape index (κ2) is 10.4. The monoisotopic (exact) mass is 578 g/mol. The van der Waals surface area contributed by atoms with Crippen LogP contribution in [-0.4, -0.2) is 93.1 Å². The average Bonchev–Trinajstić information content (AvgIpc) is 3.68. The standard InChI is InChI=1S/C26H29ClF2N6O5/c1-11(2)35-16-7-13(6-15(28)20(16)31-23(35)12-4-5-34(9-12)26(37)38-3)19-14(27)8-30-25(32-19)33-21-18(29)24-39-10-17(40-24)22(21)36/h6-8,11-12,17-18,21-22,24,36H,4-5,9-10H2,1-3H3,(H,30,32,33)/t12-,17+,18-,21?,22-,24+/m1/s1. The molecule has 2 N–H and O–H groups in total. The number of imidazole rings is 1. The number of hydrogen-bond donors (Lipinski definition) is 2. The quantitative estimate of drug-likeness (QED) is 0.467. The second-order valence-electron chi connectivity index (χ2n) is 10.5. The van der Waals surface area contributed by atoms with Crippen LogP contribution in [0.25, 0.3) is 22.3 Å². The Morgan fingerprint density at radius 2 is 2.12 bits per heavy atom. The molecule has 40 heavy (non-hydrogen) atoms. The number of fused-ring (bicyclic) bond motifs is 3. The molecule has 5 heterocycles. The maximum absolute atomic E-state index is 15.6. The van der Waals surface area contributed by atoms with Crippen molar-refractivity contribution in [1.82, 2.24) is 24.4 Å².